The molecule has 5 heteroatoms. The van der Waals surface area contributed by atoms with Crippen molar-refractivity contribution in [2.45, 2.75) is 17.1 Å². The van der Waals surface area contributed by atoms with E-state index < -0.39 is 21.0 Å². The van der Waals surface area contributed by atoms with E-state index >= 15 is 0 Å². The first-order valence-electron chi connectivity index (χ1n) is 5.91. The largest absolute Gasteiger partial charge is 0.358 e. The smallest absolute Gasteiger partial charge is 0.238 e. The molecule has 2 aromatic carbocycles. The minimum atomic E-state index is -3.65. The number of benzene rings is 2. The first-order chi connectivity index (χ1) is 8.96. The Labute approximate surface area is 112 Å². The highest BCUT2D eigenvalue weighted by Crippen LogP contribution is 2.22. The van der Waals surface area contributed by atoms with Gasteiger partial charge in [-0.25, -0.2) is 8.42 Å². The lowest BCUT2D eigenvalue weighted by Crippen LogP contribution is -2.35. The lowest BCUT2D eigenvalue weighted by molar-refractivity contribution is -0.119. The van der Waals surface area contributed by atoms with Crippen LogP contribution in [0.5, 0.6) is 0 Å². The molecule has 100 valence electrons. The van der Waals surface area contributed by atoms with Crippen LogP contribution in [0.25, 0.3) is 10.8 Å². The number of hydrogen-bond donors (Lipinski definition) is 1. The number of rotatable bonds is 3. The third kappa shape index (κ3) is 2.46. The highest BCUT2D eigenvalue weighted by molar-refractivity contribution is 7.92. The third-order valence-electron chi connectivity index (χ3n) is 3.13. The SMILES string of the molecule is CNC(=O)[C@@H](C)S(=O)(=O)c1ccc2ccccc2c1. The third-order valence-corrected chi connectivity index (χ3v) is 5.19. The molecule has 0 saturated carbocycles. The van der Waals surface area contributed by atoms with Crippen LogP contribution < -0.4 is 5.32 Å². The van der Waals surface area contributed by atoms with Crippen molar-refractivity contribution in [3.8, 4) is 0 Å². The molecule has 0 bridgehead atoms. The number of nitrogens with one attached hydrogen (secondary N) is 1. The van der Waals surface area contributed by atoms with E-state index in [4.69, 9.17) is 0 Å². The van der Waals surface area contributed by atoms with Crippen LogP contribution in [-0.4, -0.2) is 26.6 Å². The molecule has 0 unspecified atom stereocenters. The monoisotopic (exact) mass is 277 g/mol. The minimum Gasteiger partial charge on any atom is -0.358 e. The summed E-state index contributed by atoms with van der Waals surface area (Å²) in [4.78, 5) is 11.7. The maximum atomic E-state index is 12.3. The van der Waals surface area contributed by atoms with Gasteiger partial charge in [0.2, 0.25) is 5.91 Å². The minimum absolute atomic E-state index is 0.169. The van der Waals surface area contributed by atoms with Crippen LogP contribution in [0.1, 0.15) is 6.92 Å². The normalized spacial score (nSPS) is 13.2. The van der Waals surface area contributed by atoms with E-state index in [-0.39, 0.29) is 4.90 Å². The molecule has 0 fully saturated rings. The van der Waals surface area contributed by atoms with E-state index in [1.807, 2.05) is 24.3 Å². The Kier molecular flexibility index (Phi) is 3.57. The lowest BCUT2D eigenvalue weighted by Gasteiger charge is -2.12. The Hall–Kier alpha value is -1.88. The van der Waals surface area contributed by atoms with E-state index in [0.29, 0.717) is 0 Å². The molecule has 1 N–H and O–H groups in total. The molecule has 0 aliphatic rings. The van der Waals surface area contributed by atoms with E-state index in [0.717, 1.165) is 10.8 Å². The summed E-state index contributed by atoms with van der Waals surface area (Å²) >= 11 is 0. The van der Waals surface area contributed by atoms with Gasteiger partial charge < -0.3 is 5.32 Å². The van der Waals surface area contributed by atoms with Gasteiger partial charge in [-0.3, -0.25) is 4.79 Å². The van der Waals surface area contributed by atoms with E-state index in [1.54, 1.807) is 12.1 Å². The van der Waals surface area contributed by atoms with Crippen LogP contribution in [-0.2, 0) is 14.6 Å². The summed E-state index contributed by atoms with van der Waals surface area (Å²) in [5.74, 6) is -0.506. The summed E-state index contributed by atoms with van der Waals surface area (Å²) in [5.41, 5.74) is 0. The van der Waals surface area contributed by atoms with Gasteiger partial charge in [-0.1, -0.05) is 30.3 Å². The highest BCUT2D eigenvalue weighted by atomic mass is 32.2. The Morgan fingerprint density at radius 1 is 1.11 bits per heavy atom. The standard InChI is InChI=1S/C14H15NO3S/c1-10(14(16)15-2)19(17,18)13-8-7-11-5-3-4-6-12(11)9-13/h3-10H,1-2H3,(H,15,16)/t10-/m1/s1. The molecule has 19 heavy (non-hydrogen) atoms. The van der Waals surface area contributed by atoms with Gasteiger partial charge in [0.15, 0.2) is 9.84 Å². The van der Waals surface area contributed by atoms with E-state index in [9.17, 15) is 13.2 Å². The van der Waals surface area contributed by atoms with E-state index in [1.165, 1.54) is 20.0 Å². The van der Waals surface area contributed by atoms with Crippen molar-refractivity contribution in [1.29, 1.82) is 0 Å². The Bertz CT molecular complexity index is 722. The Balaban J connectivity index is 2.52. The molecule has 0 heterocycles. The first kappa shape index (κ1) is 13.5. The molecular formula is C14H15NO3S. The van der Waals surface area contributed by atoms with Crippen molar-refractivity contribution in [3.05, 3.63) is 42.5 Å². The fourth-order valence-electron chi connectivity index (χ4n) is 1.89. The second-order valence-corrected chi connectivity index (χ2v) is 6.58. The summed E-state index contributed by atoms with van der Waals surface area (Å²) in [6, 6.07) is 12.4. The van der Waals surface area contributed by atoms with Gasteiger partial charge in [0.05, 0.1) is 4.90 Å². The molecule has 4 nitrogen and oxygen atoms in total. The van der Waals surface area contributed by atoms with Crippen molar-refractivity contribution in [2.24, 2.45) is 0 Å². The molecule has 1 amide bonds. The number of sulfone groups is 1. The predicted molar refractivity (Wildman–Crippen MR) is 74.7 cm³/mol. The molecule has 0 aliphatic carbocycles. The fourth-order valence-corrected chi connectivity index (χ4v) is 3.25. The average Bonchev–Trinajstić information content (AvgIpc) is 2.45. The van der Waals surface area contributed by atoms with Gasteiger partial charge in [0, 0.05) is 7.05 Å². The second-order valence-electron chi connectivity index (χ2n) is 4.31. The maximum Gasteiger partial charge on any atom is 0.238 e. The maximum absolute atomic E-state index is 12.3. The van der Waals surface area contributed by atoms with Gasteiger partial charge in [-0.05, 0) is 29.8 Å². The van der Waals surface area contributed by atoms with Crippen LogP contribution >= 0.6 is 0 Å². The van der Waals surface area contributed by atoms with Crippen LogP contribution in [0, 0.1) is 0 Å². The average molecular weight is 277 g/mol. The molecule has 1 atom stereocenters. The molecular weight excluding hydrogens is 262 g/mol. The molecule has 0 spiro atoms. The fraction of sp³-hybridized carbons (Fsp3) is 0.214. The Morgan fingerprint density at radius 2 is 1.74 bits per heavy atom. The van der Waals surface area contributed by atoms with E-state index in [2.05, 4.69) is 5.32 Å². The Morgan fingerprint density at radius 3 is 2.37 bits per heavy atom. The van der Waals surface area contributed by atoms with Gasteiger partial charge in [0.25, 0.3) is 0 Å². The highest BCUT2D eigenvalue weighted by Gasteiger charge is 2.28. The topological polar surface area (TPSA) is 63.2 Å². The quantitative estimate of drug-likeness (QED) is 0.929. The number of amides is 1. The zero-order valence-electron chi connectivity index (χ0n) is 10.8. The van der Waals surface area contributed by atoms with Crippen LogP contribution in [0.3, 0.4) is 0 Å². The summed E-state index contributed by atoms with van der Waals surface area (Å²) in [6.45, 7) is 1.39. The number of carbonyl (C=O) groups is 1. The predicted octanol–water partition coefficient (Wildman–Crippen LogP) is 1.75. The molecule has 2 rings (SSSR count). The first-order valence-corrected chi connectivity index (χ1v) is 7.46. The van der Waals surface area contributed by atoms with Crippen LogP contribution in [0.2, 0.25) is 0 Å². The number of carbonyl (C=O) groups excluding carboxylic acids is 1. The molecule has 0 radical (unpaired) electrons. The summed E-state index contributed by atoms with van der Waals surface area (Å²) < 4.78 is 24.6. The van der Waals surface area contributed by atoms with Crippen molar-refractivity contribution in [1.82, 2.24) is 5.32 Å². The van der Waals surface area contributed by atoms with Gasteiger partial charge in [0.1, 0.15) is 5.25 Å². The van der Waals surface area contributed by atoms with Crippen molar-refractivity contribution >= 4 is 26.5 Å². The molecule has 0 aromatic heterocycles. The van der Waals surface area contributed by atoms with Crippen LogP contribution in [0.4, 0.5) is 0 Å². The van der Waals surface area contributed by atoms with Crippen LogP contribution in [0.15, 0.2) is 47.4 Å². The molecule has 0 saturated heterocycles. The lowest BCUT2D eigenvalue weighted by atomic mass is 10.1. The summed E-state index contributed by atoms with van der Waals surface area (Å²) in [6.07, 6.45) is 0. The second kappa shape index (κ2) is 5.01. The van der Waals surface area contributed by atoms with Crippen molar-refractivity contribution < 1.29 is 13.2 Å². The molecule has 0 aliphatic heterocycles. The molecule has 2 aromatic rings. The van der Waals surface area contributed by atoms with Gasteiger partial charge in [-0.2, -0.15) is 0 Å². The zero-order chi connectivity index (χ0) is 14.0. The van der Waals surface area contributed by atoms with Gasteiger partial charge in [-0.15, -0.1) is 0 Å². The van der Waals surface area contributed by atoms with Crippen molar-refractivity contribution in [2.75, 3.05) is 7.05 Å². The van der Waals surface area contributed by atoms with Gasteiger partial charge >= 0.3 is 0 Å². The summed E-state index contributed by atoms with van der Waals surface area (Å²) in [5, 5.41) is 3.07. The zero-order valence-corrected chi connectivity index (χ0v) is 11.6. The summed E-state index contributed by atoms with van der Waals surface area (Å²) in [7, 11) is -2.23. The number of fused-ring (bicyclic) bond motifs is 1. The number of hydrogen-bond acceptors (Lipinski definition) is 3. The van der Waals surface area contributed by atoms with Crippen molar-refractivity contribution in [3.63, 3.8) is 0 Å².